The van der Waals surface area contributed by atoms with E-state index in [0.29, 0.717) is 45.2 Å². The number of aliphatic hydroxyl groups is 1. The zero-order valence-electron chi connectivity index (χ0n) is 26.8. The second-order valence-corrected chi connectivity index (χ2v) is 13.1. The maximum atomic E-state index is 14.6. The summed E-state index contributed by atoms with van der Waals surface area (Å²) >= 11 is 0. The van der Waals surface area contributed by atoms with E-state index in [0.717, 1.165) is 37.7 Å². The minimum atomic E-state index is -1.13. The molecule has 1 aromatic rings. The molecule has 3 aliphatic heterocycles. The lowest BCUT2D eigenvalue weighted by Gasteiger charge is -2.40. The molecule has 1 saturated carbocycles. The molecule has 10 heteroatoms. The first kappa shape index (κ1) is 33.9. The Morgan fingerprint density at radius 2 is 1.87 bits per heavy atom. The Morgan fingerprint density at radius 1 is 1.11 bits per heavy atom. The molecule has 3 heterocycles. The number of nitrogens with one attached hydrogen (secondary N) is 1. The van der Waals surface area contributed by atoms with Gasteiger partial charge in [0.2, 0.25) is 17.7 Å². The van der Waals surface area contributed by atoms with Gasteiger partial charge in [-0.2, -0.15) is 0 Å². The van der Waals surface area contributed by atoms with Gasteiger partial charge in [-0.3, -0.25) is 19.2 Å². The predicted octanol–water partition coefficient (Wildman–Crippen LogP) is 3.85. The number of ether oxygens (including phenoxy) is 2. The van der Waals surface area contributed by atoms with Crippen LogP contribution in [0.3, 0.4) is 0 Å². The van der Waals surface area contributed by atoms with Crippen LogP contribution in [-0.4, -0.2) is 88.6 Å². The van der Waals surface area contributed by atoms with Gasteiger partial charge in [0.25, 0.3) is 0 Å². The molecule has 0 radical (unpaired) electrons. The third-order valence-corrected chi connectivity index (χ3v) is 10.2. The minimum Gasteiger partial charge on any atom is -0.455 e. The Hall–Kier alpha value is -3.50. The SMILES string of the molecule is C=CCCC(=O)NC[C@H](OC(=O)[C@@H]1[C@H]2C(=O)N(CCCCO)[C@H](C(=O)N(CC=C)C3CCCCC3)[C@]23CC[C@H]1O3)c1ccccc1. The summed E-state index contributed by atoms with van der Waals surface area (Å²) in [7, 11) is 0. The van der Waals surface area contributed by atoms with Crippen molar-refractivity contribution in [1.29, 1.82) is 0 Å². The Balaban J connectivity index is 1.42. The van der Waals surface area contributed by atoms with Gasteiger partial charge in [-0.25, -0.2) is 0 Å². The zero-order valence-corrected chi connectivity index (χ0v) is 26.8. The van der Waals surface area contributed by atoms with Crippen LogP contribution in [0.4, 0.5) is 0 Å². The van der Waals surface area contributed by atoms with Gasteiger partial charge in [0.1, 0.15) is 17.7 Å². The van der Waals surface area contributed by atoms with E-state index in [9.17, 15) is 24.3 Å². The normalized spacial score (nSPS) is 27.6. The first-order valence-electron chi connectivity index (χ1n) is 17.0. The van der Waals surface area contributed by atoms with Crippen LogP contribution in [0.5, 0.6) is 0 Å². The Labute approximate surface area is 272 Å². The minimum absolute atomic E-state index is 0.0155. The number of allylic oxidation sites excluding steroid dienone is 1. The number of likely N-dealkylation sites (tertiary alicyclic amines) is 1. The molecule has 46 heavy (non-hydrogen) atoms. The number of amides is 3. The van der Waals surface area contributed by atoms with E-state index < -0.39 is 41.7 Å². The van der Waals surface area contributed by atoms with Crippen LogP contribution < -0.4 is 5.32 Å². The molecule has 3 saturated heterocycles. The fourth-order valence-electron chi connectivity index (χ4n) is 8.08. The van der Waals surface area contributed by atoms with Gasteiger partial charge in [0, 0.05) is 32.2 Å². The monoisotopic (exact) mass is 635 g/mol. The van der Waals surface area contributed by atoms with Crippen molar-refractivity contribution >= 4 is 23.7 Å². The van der Waals surface area contributed by atoms with E-state index in [-0.39, 0.29) is 43.3 Å². The lowest BCUT2D eigenvalue weighted by atomic mass is 9.70. The molecule has 1 aliphatic carbocycles. The van der Waals surface area contributed by atoms with Gasteiger partial charge >= 0.3 is 5.97 Å². The van der Waals surface area contributed by atoms with Crippen LogP contribution >= 0.6 is 0 Å². The highest BCUT2D eigenvalue weighted by Gasteiger charge is 2.75. The van der Waals surface area contributed by atoms with Gasteiger partial charge in [0.15, 0.2) is 0 Å². The first-order chi connectivity index (χ1) is 22.4. The highest BCUT2D eigenvalue weighted by molar-refractivity contribution is 5.98. The zero-order chi connectivity index (χ0) is 32.7. The number of rotatable bonds is 16. The average Bonchev–Trinajstić information content (AvgIpc) is 3.72. The third kappa shape index (κ3) is 6.79. The molecule has 2 bridgehead atoms. The fourth-order valence-corrected chi connectivity index (χ4v) is 8.08. The van der Waals surface area contributed by atoms with Gasteiger partial charge in [-0.1, -0.05) is 61.7 Å². The number of unbranched alkanes of at least 4 members (excludes halogenated alkanes) is 1. The Morgan fingerprint density at radius 3 is 2.57 bits per heavy atom. The lowest BCUT2D eigenvalue weighted by molar-refractivity contribution is -0.160. The second-order valence-electron chi connectivity index (χ2n) is 13.1. The number of esters is 1. The summed E-state index contributed by atoms with van der Waals surface area (Å²) in [4.78, 5) is 59.0. The number of aliphatic hydroxyl groups excluding tert-OH is 1. The van der Waals surface area contributed by atoms with E-state index in [4.69, 9.17) is 9.47 Å². The van der Waals surface area contributed by atoms with Crippen LogP contribution in [0, 0.1) is 11.8 Å². The van der Waals surface area contributed by atoms with Crippen molar-refractivity contribution in [2.75, 3.05) is 26.2 Å². The third-order valence-electron chi connectivity index (χ3n) is 10.2. The molecule has 4 aliphatic rings. The molecule has 4 fully saturated rings. The van der Waals surface area contributed by atoms with Crippen molar-refractivity contribution in [3.63, 3.8) is 0 Å². The van der Waals surface area contributed by atoms with Crippen molar-refractivity contribution in [2.45, 2.75) is 101 Å². The summed E-state index contributed by atoms with van der Waals surface area (Å²) in [5.74, 6) is -2.87. The smallest absolute Gasteiger partial charge is 0.313 e. The van der Waals surface area contributed by atoms with Crippen LogP contribution in [0.1, 0.15) is 82.3 Å². The van der Waals surface area contributed by atoms with E-state index in [1.54, 1.807) is 17.1 Å². The molecule has 250 valence electrons. The lowest BCUT2D eigenvalue weighted by Crippen LogP contribution is -2.58. The van der Waals surface area contributed by atoms with Crippen molar-refractivity contribution in [2.24, 2.45) is 11.8 Å². The highest BCUT2D eigenvalue weighted by Crippen LogP contribution is 2.59. The molecule has 0 unspecified atom stereocenters. The molecule has 1 spiro atoms. The quantitative estimate of drug-likeness (QED) is 0.161. The molecule has 5 rings (SSSR count). The second kappa shape index (κ2) is 15.4. The molecule has 10 nitrogen and oxygen atoms in total. The van der Waals surface area contributed by atoms with Crippen molar-refractivity contribution in [3.8, 4) is 0 Å². The number of benzene rings is 1. The number of hydrogen-bond acceptors (Lipinski definition) is 7. The summed E-state index contributed by atoms with van der Waals surface area (Å²) in [5, 5.41) is 12.3. The van der Waals surface area contributed by atoms with Crippen molar-refractivity contribution in [3.05, 3.63) is 61.2 Å². The molecule has 0 aromatic heterocycles. The van der Waals surface area contributed by atoms with E-state index in [1.165, 1.54) is 0 Å². The maximum absolute atomic E-state index is 14.6. The maximum Gasteiger partial charge on any atom is 0.313 e. The number of nitrogens with zero attached hydrogens (tertiary/aromatic N) is 2. The first-order valence-corrected chi connectivity index (χ1v) is 17.0. The summed E-state index contributed by atoms with van der Waals surface area (Å²) < 4.78 is 12.8. The van der Waals surface area contributed by atoms with Crippen molar-refractivity contribution < 1.29 is 33.8 Å². The summed E-state index contributed by atoms with van der Waals surface area (Å²) in [5.41, 5.74) is -0.403. The van der Waals surface area contributed by atoms with E-state index in [2.05, 4.69) is 18.5 Å². The molecular formula is C36H49N3O7. The van der Waals surface area contributed by atoms with Gasteiger partial charge in [-0.05, 0) is 50.5 Å². The summed E-state index contributed by atoms with van der Waals surface area (Å²) in [6.07, 6.45) is 10.0. The fraction of sp³-hybridized carbons (Fsp3) is 0.611. The largest absolute Gasteiger partial charge is 0.455 e. The van der Waals surface area contributed by atoms with Gasteiger partial charge < -0.3 is 29.7 Å². The van der Waals surface area contributed by atoms with Gasteiger partial charge in [0.05, 0.1) is 24.5 Å². The molecular weight excluding hydrogens is 586 g/mol. The standard InChI is InChI=1S/C36H49N3O7/c1-3-5-18-29(41)37-24-28(25-14-8-6-9-15-25)45-35(44)30-27-19-20-36(46-27)31(30)33(42)39(22-12-13-23-40)32(36)34(43)38(21-4-2)26-16-10-7-11-17-26/h3-4,6,8-9,14-15,26-28,30-32,40H,1-2,5,7,10-13,16-24H2,(H,37,41)/t27-,28+,30+,31+,32-,36+/m1/s1. The number of fused-ring (bicyclic) bond motifs is 1. The Kier molecular flexibility index (Phi) is 11.3. The molecule has 2 N–H and O–H groups in total. The average molecular weight is 636 g/mol. The summed E-state index contributed by atoms with van der Waals surface area (Å²) in [6, 6.07) is 8.43. The van der Waals surface area contributed by atoms with Crippen LogP contribution in [-0.2, 0) is 28.7 Å². The van der Waals surface area contributed by atoms with Crippen LogP contribution in [0.15, 0.2) is 55.6 Å². The highest BCUT2D eigenvalue weighted by atomic mass is 16.6. The van der Waals surface area contributed by atoms with E-state index >= 15 is 0 Å². The summed E-state index contributed by atoms with van der Waals surface area (Å²) in [6.45, 7) is 8.32. The number of carbonyl (C=O) groups is 4. The van der Waals surface area contributed by atoms with Crippen molar-refractivity contribution in [1.82, 2.24) is 15.1 Å². The van der Waals surface area contributed by atoms with E-state index in [1.807, 2.05) is 35.2 Å². The van der Waals surface area contributed by atoms with Crippen LogP contribution in [0.25, 0.3) is 0 Å². The molecule has 3 amide bonds. The molecule has 6 atom stereocenters. The number of hydrogen-bond donors (Lipinski definition) is 2. The van der Waals surface area contributed by atoms with Crippen LogP contribution in [0.2, 0.25) is 0 Å². The molecule has 1 aromatic carbocycles. The predicted molar refractivity (Wildman–Crippen MR) is 172 cm³/mol. The number of carbonyl (C=O) groups excluding carboxylic acids is 4. The Bertz CT molecular complexity index is 1270. The topological polar surface area (TPSA) is 125 Å². The van der Waals surface area contributed by atoms with Gasteiger partial charge in [-0.15, -0.1) is 13.2 Å².